The zero-order chi connectivity index (χ0) is 14.3. The van der Waals surface area contributed by atoms with Crippen LogP contribution in [0.2, 0.25) is 0 Å². The smallest absolute Gasteiger partial charge is 0.286 e. The minimum absolute atomic E-state index is 0.0698. The predicted molar refractivity (Wildman–Crippen MR) is 75.5 cm³/mol. The number of rotatable bonds is 4. The van der Waals surface area contributed by atoms with E-state index in [1.54, 1.807) is 0 Å². The van der Waals surface area contributed by atoms with Gasteiger partial charge in [0.05, 0.1) is 11.5 Å². The number of hydrogen-bond donors (Lipinski definition) is 1. The molecule has 0 radical (unpaired) electrons. The van der Waals surface area contributed by atoms with E-state index in [4.69, 9.17) is 11.6 Å². The molecule has 19 heavy (non-hydrogen) atoms. The highest BCUT2D eigenvalue weighted by Crippen LogP contribution is 2.18. The molecule has 1 N–H and O–H groups in total. The molecule has 2 aliphatic heterocycles. The third-order valence-electron chi connectivity index (χ3n) is 2.18. The number of alkyl halides is 1. The number of nitrogens with zero attached hydrogens (tertiary/aromatic N) is 1. The first-order valence-electron chi connectivity index (χ1n) is 5.54. The first-order chi connectivity index (χ1) is 9.04. The molecule has 0 atom stereocenters. The summed E-state index contributed by atoms with van der Waals surface area (Å²) >= 11 is 7.55. The van der Waals surface area contributed by atoms with Crippen LogP contribution in [0.3, 0.4) is 0 Å². The fraction of sp³-hybridized carbons (Fsp3) is 0.600. The lowest BCUT2D eigenvalue weighted by atomic mass is 10.3. The van der Waals surface area contributed by atoms with E-state index in [2.05, 4.69) is 5.32 Å². The molecule has 2 saturated heterocycles. The first-order valence-corrected chi connectivity index (χ1v) is 8.05. The van der Waals surface area contributed by atoms with Gasteiger partial charge >= 0.3 is 0 Å². The summed E-state index contributed by atoms with van der Waals surface area (Å²) in [7, 11) is 0. The maximum atomic E-state index is 11.0. The van der Waals surface area contributed by atoms with Crippen LogP contribution >= 0.6 is 35.1 Å². The fourth-order valence-electron chi connectivity index (χ4n) is 1.28. The third kappa shape index (κ3) is 5.84. The summed E-state index contributed by atoms with van der Waals surface area (Å²) in [6, 6.07) is 0. The van der Waals surface area contributed by atoms with Crippen molar-refractivity contribution < 1.29 is 19.2 Å². The molecule has 2 heterocycles. The van der Waals surface area contributed by atoms with E-state index in [-0.39, 0.29) is 22.3 Å². The van der Waals surface area contributed by atoms with Gasteiger partial charge in [-0.25, -0.2) is 0 Å². The lowest BCUT2D eigenvalue weighted by Gasteiger charge is -2.10. The molecule has 0 bridgehead atoms. The molecular weight excluding hydrogens is 312 g/mol. The highest BCUT2D eigenvalue weighted by Gasteiger charge is 2.28. The molecule has 6 nitrogen and oxygen atoms in total. The van der Waals surface area contributed by atoms with Gasteiger partial charge in [0.1, 0.15) is 0 Å². The second-order valence-corrected chi connectivity index (χ2v) is 5.87. The van der Waals surface area contributed by atoms with Crippen molar-refractivity contribution in [3.8, 4) is 0 Å². The molecule has 0 aromatic heterocycles. The molecule has 0 saturated carbocycles. The second-order valence-electron chi connectivity index (χ2n) is 3.62. The van der Waals surface area contributed by atoms with Crippen molar-refractivity contribution in [3.05, 3.63) is 0 Å². The van der Waals surface area contributed by atoms with Crippen LogP contribution in [0.1, 0.15) is 12.8 Å². The summed E-state index contributed by atoms with van der Waals surface area (Å²) in [5.74, 6) is 0.927. The normalized spacial score (nSPS) is 18.5. The number of amides is 4. The van der Waals surface area contributed by atoms with Gasteiger partial charge in [-0.2, -0.15) is 0 Å². The Morgan fingerprint density at radius 2 is 1.84 bits per heavy atom. The predicted octanol–water partition coefficient (Wildman–Crippen LogP) is 1.67. The maximum absolute atomic E-state index is 11.0. The van der Waals surface area contributed by atoms with Gasteiger partial charge in [0.15, 0.2) is 0 Å². The summed E-state index contributed by atoms with van der Waals surface area (Å²) in [4.78, 5) is 43.5. The minimum Gasteiger partial charge on any atom is -0.286 e. The van der Waals surface area contributed by atoms with E-state index in [1.165, 1.54) is 4.90 Å². The molecule has 0 aliphatic carbocycles. The Hall–Kier alpha value is -0.730. The number of carbonyl (C=O) groups is 4. The standard InChI is InChI=1S/C7H10ClNO2S.C3H3NO2S/c8-3-1-2-4-9-6(10)5-12-7(9)11;5-2-1-7-3(6)4-2/h1-5H2;1H2,(H,4,5,6). The maximum Gasteiger partial charge on any atom is 0.288 e. The van der Waals surface area contributed by atoms with Gasteiger partial charge in [-0.3, -0.25) is 29.4 Å². The summed E-state index contributed by atoms with van der Waals surface area (Å²) in [6.07, 6.45) is 1.66. The van der Waals surface area contributed by atoms with Crippen molar-refractivity contribution in [2.45, 2.75) is 12.8 Å². The minimum atomic E-state index is -0.231. The molecule has 0 spiro atoms. The van der Waals surface area contributed by atoms with Crippen molar-refractivity contribution >= 4 is 57.4 Å². The average molecular weight is 325 g/mol. The molecule has 4 amide bonds. The molecule has 0 unspecified atom stereocenters. The van der Waals surface area contributed by atoms with Gasteiger partial charge in [-0.1, -0.05) is 23.5 Å². The lowest BCUT2D eigenvalue weighted by molar-refractivity contribution is -0.124. The molecule has 2 fully saturated rings. The Labute approximate surface area is 124 Å². The number of thioether (sulfide) groups is 2. The van der Waals surface area contributed by atoms with Gasteiger partial charge < -0.3 is 0 Å². The summed E-state index contributed by atoms with van der Waals surface area (Å²) in [5.41, 5.74) is 0. The Morgan fingerprint density at radius 1 is 1.11 bits per heavy atom. The number of nitrogens with one attached hydrogen (secondary N) is 1. The highest BCUT2D eigenvalue weighted by atomic mass is 35.5. The summed E-state index contributed by atoms with van der Waals surface area (Å²) < 4.78 is 0. The van der Waals surface area contributed by atoms with Crippen molar-refractivity contribution in [2.24, 2.45) is 0 Å². The van der Waals surface area contributed by atoms with Gasteiger partial charge in [-0.05, 0) is 12.8 Å². The molecule has 106 valence electrons. The Bertz CT molecular complexity index is 362. The molecule has 2 aliphatic rings. The van der Waals surface area contributed by atoms with Crippen molar-refractivity contribution in [2.75, 3.05) is 23.9 Å². The first kappa shape index (κ1) is 16.3. The van der Waals surface area contributed by atoms with Crippen LogP contribution in [0.4, 0.5) is 9.59 Å². The molecular formula is C10H13ClN2O4S2. The monoisotopic (exact) mass is 324 g/mol. The summed E-state index contributed by atoms with van der Waals surface area (Å²) in [5, 5.41) is 1.75. The van der Waals surface area contributed by atoms with Crippen molar-refractivity contribution in [1.29, 1.82) is 0 Å². The van der Waals surface area contributed by atoms with Gasteiger partial charge in [0.25, 0.3) is 10.5 Å². The fourth-order valence-corrected chi connectivity index (χ4v) is 2.74. The number of hydrogen-bond acceptors (Lipinski definition) is 6. The lowest BCUT2D eigenvalue weighted by Crippen LogP contribution is -2.29. The molecule has 0 aromatic rings. The van der Waals surface area contributed by atoms with Crippen molar-refractivity contribution in [1.82, 2.24) is 10.2 Å². The third-order valence-corrected chi connectivity index (χ3v) is 4.08. The van der Waals surface area contributed by atoms with E-state index >= 15 is 0 Å². The van der Waals surface area contributed by atoms with Crippen LogP contribution in [0.25, 0.3) is 0 Å². The Morgan fingerprint density at radius 3 is 2.21 bits per heavy atom. The summed E-state index contributed by atoms with van der Waals surface area (Å²) in [6.45, 7) is 0.525. The Kier molecular flexibility index (Phi) is 7.25. The number of carbonyl (C=O) groups excluding carboxylic acids is 4. The second kappa shape index (κ2) is 8.44. The van der Waals surface area contributed by atoms with Crippen LogP contribution < -0.4 is 5.32 Å². The topological polar surface area (TPSA) is 83.5 Å². The van der Waals surface area contributed by atoms with E-state index in [0.29, 0.717) is 23.9 Å². The van der Waals surface area contributed by atoms with Gasteiger partial charge in [0.2, 0.25) is 11.8 Å². The highest BCUT2D eigenvalue weighted by molar-refractivity contribution is 8.15. The van der Waals surface area contributed by atoms with Crippen LogP contribution in [0, 0.1) is 0 Å². The van der Waals surface area contributed by atoms with Crippen LogP contribution in [-0.4, -0.2) is 51.1 Å². The number of unbranched alkanes of at least 4 members (excludes halogenated alkanes) is 1. The van der Waals surface area contributed by atoms with Crippen LogP contribution in [0.5, 0.6) is 0 Å². The number of imide groups is 2. The Balaban J connectivity index is 0.000000218. The van der Waals surface area contributed by atoms with E-state index in [9.17, 15) is 19.2 Å². The SMILES string of the molecule is O=C1CSC(=O)N1.O=C1CSC(=O)N1CCCCCl. The zero-order valence-corrected chi connectivity index (χ0v) is 12.4. The van der Waals surface area contributed by atoms with Crippen LogP contribution in [0.15, 0.2) is 0 Å². The van der Waals surface area contributed by atoms with Gasteiger partial charge in [-0.15, -0.1) is 11.6 Å². The quantitative estimate of drug-likeness (QED) is 0.625. The van der Waals surface area contributed by atoms with E-state index < -0.39 is 0 Å². The molecule has 2 rings (SSSR count). The van der Waals surface area contributed by atoms with Crippen molar-refractivity contribution in [3.63, 3.8) is 0 Å². The van der Waals surface area contributed by atoms with E-state index in [1.807, 2.05) is 0 Å². The zero-order valence-electron chi connectivity index (χ0n) is 10.0. The van der Waals surface area contributed by atoms with E-state index in [0.717, 1.165) is 36.4 Å². The largest absolute Gasteiger partial charge is 0.288 e. The molecule has 0 aromatic carbocycles. The molecule has 9 heteroatoms. The number of halogens is 1. The van der Waals surface area contributed by atoms with Crippen LogP contribution in [-0.2, 0) is 9.59 Å². The average Bonchev–Trinajstić information content (AvgIpc) is 2.89. The van der Waals surface area contributed by atoms with Gasteiger partial charge in [0, 0.05) is 12.4 Å².